The van der Waals surface area contributed by atoms with Gasteiger partial charge >= 0.3 is 6.03 Å². The smallest absolute Gasteiger partial charge is 0.318 e. The monoisotopic (exact) mass is 426 g/mol. The number of carbonyl (C=O) groups is 2. The molecular weight excluding hydrogens is 395 g/mol. The van der Waals surface area contributed by atoms with Gasteiger partial charge in [0.2, 0.25) is 5.91 Å². The SMILES string of the molecule is CC(C)C(=O)Nc1ccc(CNC(=O)N(Cc2ccc(F)cc2)C2CCNCC2)cc1. The van der Waals surface area contributed by atoms with Crippen LogP contribution in [0, 0.1) is 11.7 Å². The highest BCUT2D eigenvalue weighted by Crippen LogP contribution is 2.17. The predicted molar refractivity (Wildman–Crippen MR) is 120 cm³/mol. The maximum absolute atomic E-state index is 13.3. The summed E-state index contributed by atoms with van der Waals surface area (Å²) in [5, 5.41) is 9.20. The van der Waals surface area contributed by atoms with Gasteiger partial charge in [-0.15, -0.1) is 0 Å². The fourth-order valence-corrected chi connectivity index (χ4v) is 3.54. The number of anilines is 1. The molecule has 2 aromatic rings. The molecule has 0 aliphatic carbocycles. The van der Waals surface area contributed by atoms with Crippen molar-refractivity contribution in [1.29, 1.82) is 0 Å². The molecule has 31 heavy (non-hydrogen) atoms. The minimum absolute atomic E-state index is 0.0283. The molecule has 1 aliphatic rings. The summed E-state index contributed by atoms with van der Waals surface area (Å²) in [6.07, 6.45) is 1.78. The summed E-state index contributed by atoms with van der Waals surface area (Å²) >= 11 is 0. The number of carbonyl (C=O) groups excluding carboxylic acids is 2. The highest BCUT2D eigenvalue weighted by atomic mass is 19.1. The van der Waals surface area contributed by atoms with E-state index in [0.29, 0.717) is 13.1 Å². The van der Waals surface area contributed by atoms with Crippen LogP contribution < -0.4 is 16.0 Å². The third-order valence-corrected chi connectivity index (χ3v) is 5.47. The van der Waals surface area contributed by atoms with E-state index in [4.69, 9.17) is 0 Å². The first-order valence-corrected chi connectivity index (χ1v) is 10.8. The van der Waals surface area contributed by atoms with Crippen molar-refractivity contribution >= 4 is 17.6 Å². The van der Waals surface area contributed by atoms with E-state index in [1.165, 1.54) is 12.1 Å². The van der Waals surface area contributed by atoms with Crippen LogP contribution in [0.4, 0.5) is 14.9 Å². The minimum atomic E-state index is -0.283. The number of benzene rings is 2. The van der Waals surface area contributed by atoms with Crippen LogP contribution in [0.15, 0.2) is 48.5 Å². The van der Waals surface area contributed by atoms with Crippen LogP contribution in [0.25, 0.3) is 0 Å². The zero-order chi connectivity index (χ0) is 22.2. The molecular formula is C24H31FN4O2. The summed E-state index contributed by atoms with van der Waals surface area (Å²) in [7, 11) is 0. The van der Waals surface area contributed by atoms with Gasteiger partial charge in [0, 0.05) is 30.7 Å². The third-order valence-electron chi connectivity index (χ3n) is 5.47. The molecule has 1 heterocycles. The van der Waals surface area contributed by atoms with Crippen LogP contribution in [0.1, 0.15) is 37.8 Å². The Morgan fingerprint density at radius 1 is 1.03 bits per heavy atom. The first kappa shape index (κ1) is 22.7. The largest absolute Gasteiger partial charge is 0.334 e. The second-order valence-electron chi connectivity index (χ2n) is 8.24. The van der Waals surface area contributed by atoms with E-state index in [2.05, 4.69) is 16.0 Å². The summed E-state index contributed by atoms with van der Waals surface area (Å²) in [5.41, 5.74) is 2.59. The molecule has 0 aromatic heterocycles. The average molecular weight is 427 g/mol. The molecule has 0 radical (unpaired) electrons. The van der Waals surface area contributed by atoms with Crippen molar-refractivity contribution in [3.05, 3.63) is 65.5 Å². The second-order valence-corrected chi connectivity index (χ2v) is 8.24. The van der Waals surface area contributed by atoms with Gasteiger partial charge in [0.05, 0.1) is 0 Å². The van der Waals surface area contributed by atoms with Crippen molar-refractivity contribution in [3.63, 3.8) is 0 Å². The van der Waals surface area contributed by atoms with Gasteiger partial charge in [0.25, 0.3) is 0 Å². The third kappa shape index (κ3) is 6.79. The Morgan fingerprint density at radius 3 is 2.26 bits per heavy atom. The van der Waals surface area contributed by atoms with Crippen molar-refractivity contribution in [2.75, 3.05) is 18.4 Å². The number of nitrogens with zero attached hydrogens (tertiary/aromatic N) is 1. The number of piperidine rings is 1. The van der Waals surface area contributed by atoms with E-state index in [-0.39, 0.29) is 29.7 Å². The Kier molecular flexibility index (Phi) is 8.00. The van der Waals surface area contributed by atoms with Gasteiger partial charge in [-0.05, 0) is 61.3 Å². The predicted octanol–water partition coefficient (Wildman–Crippen LogP) is 3.88. The number of rotatable bonds is 7. The maximum Gasteiger partial charge on any atom is 0.318 e. The number of amides is 3. The van der Waals surface area contributed by atoms with Crippen molar-refractivity contribution in [3.8, 4) is 0 Å². The van der Waals surface area contributed by atoms with Gasteiger partial charge in [-0.2, -0.15) is 0 Å². The van der Waals surface area contributed by atoms with Crippen molar-refractivity contribution in [2.45, 2.75) is 45.8 Å². The zero-order valence-corrected chi connectivity index (χ0v) is 18.2. The summed E-state index contributed by atoms with van der Waals surface area (Å²) in [6, 6.07) is 13.8. The summed E-state index contributed by atoms with van der Waals surface area (Å²) < 4.78 is 13.3. The molecule has 2 aromatic carbocycles. The lowest BCUT2D eigenvalue weighted by Gasteiger charge is -2.35. The van der Waals surface area contributed by atoms with Gasteiger partial charge in [-0.1, -0.05) is 38.1 Å². The van der Waals surface area contributed by atoms with Crippen LogP contribution in [-0.4, -0.2) is 36.0 Å². The van der Waals surface area contributed by atoms with Gasteiger partial charge < -0.3 is 20.9 Å². The Labute approximate surface area is 183 Å². The van der Waals surface area contributed by atoms with E-state index in [1.807, 2.05) is 43.0 Å². The minimum Gasteiger partial charge on any atom is -0.334 e. The number of hydrogen-bond acceptors (Lipinski definition) is 3. The van der Waals surface area contributed by atoms with Gasteiger partial charge in [-0.25, -0.2) is 9.18 Å². The second kappa shape index (κ2) is 10.9. The lowest BCUT2D eigenvalue weighted by Crippen LogP contribution is -2.49. The van der Waals surface area contributed by atoms with Gasteiger partial charge in [0.1, 0.15) is 5.82 Å². The first-order chi connectivity index (χ1) is 14.9. The fourth-order valence-electron chi connectivity index (χ4n) is 3.54. The fraction of sp³-hybridized carbons (Fsp3) is 0.417. The average Bonchev–Trinajstić information content (AvgIpc) is 2.78. The standard InChI is InChI=1S/C24H31FN4O2/c1-17(2)23(30)28-21-9-5-18(6-10-21)15-27-24(31)29(22-11-13-26-14-12-22)16-19-3-7-20(25)8-4-19/h3-10,17,22,26H,11-16H2,1-2H3,(H,27,31)(H,28,30). The summed E-state index contributed by atoms with van der Waals surface area (Å²) in [6.45, 7) is 6.28. The number of hydrogen-bond donors (Lipinski definition) is 3. The first-order valence-electron chi connectivity index (χ1n) is 10.8. The molecule has 0 saturated carbocycles. The van der Waals surface area contributed by atoms with E-state index in [1.54, 1.807) is 12.1 Å². The van der Waals surface area contributed by atoms with Crippen molar-refractivity contribution in [1.82, 2.24) is 15.5 Å². The normalized spacial score (nSPS) is 14.3. The Morgan fingerprint density at radius 2 is 1.65 bits per heavy atom. The Hall–Kier alpha value is -2.93. The molecule has 166 valence electrons. The molecule has 1 fully saturated rings. The van der Waals surface area contributed by atoms with Gasteiger partial charge in [0.15, 0.2) is 0 Å². The summed E-state index contributed by atoms with van der Waals surface area (Å²) in [5.74, 6) is -0.393. The van der Waals surface area contributed by atoms with Crippen LogP contribution in [-0.2, 0) is 17.9 Å². The molecule has 3 amide bonds. The topological polar surface area (TPSA) is 73.5 Å². The molecule has 1 saturated heterocycles. The molecule has 6 nitrogen and oxygen atoms in total. The molecule has 3 rings (SSSR count). The zero-order valence-electron chi connectivity index (χ0n) is 18.2. The Balaban J connectivity index is 1.61. The van der Waals surface area contributed by atoms with Crippen molar-refractivity contribution in [2.24, 2.45) is 5.92 Å². The van der Waals surface area contributed by atoms with Crippen LogP contribution in [0.3, 0.4) is 0 Å². The van der Waals surface area contributed by atoms with Crippen molar-refractivity contribution < 1.29 is 14.0 Å². The van der Waals surface area contributed by atoms with E-state index in [9.17, 15) is 14.0 Å². The number of urea groups is 1. The lowest BCUT2D eigenvalue weighted by molar-refractivity contribution is -0.118. The van der Waals surface area contributed by atoms with E-state index >= 15 is 0 Å². The Bertz CT molecular complexity index is 862. The molecule has 0 atom stereocenters. The highest BCUT2D eigenvalue weighted by molar-refractivity contribution is 5.92. The van der Waals surface area contributed by atoms with E-state index < -0.39 is 0 Å². The van der Waals surface area contributed by atoms with Gasteiger partial charge in [-0.3, -0.25) is 4.79 Å². The molecule has 1 aliphatic heterocycles. The van der Waals surface area contributed by atoms with Crippen LogP contribution in [0.5, 0.6) is 0 Å². The lowest BCUT2D eigenvalue weighted by atomic mass is 10.0. The molecule has 0 unspecified atom stereocenters. The van der Waals surface area contributed by atoms with Crippen LogP contribution >= 0.6 is 0 Å². The maximum atomic E-state index is 13.3. The molecule has 7 heteroatoms. The highest BCUT2D eigenvalue weighted by Gasteiger charge is 2.25. The molecule has 3 N–H and O–H groups in total. The summed E-state index contributed by atoms with van der Waals surface area (Å²) in [4.78, 5) is 26.7. The van der Waals surface area contributed by atoms with Crippen LogP contribution in [0.2, 0.25) is 0 Å². The number of nitrogens with one attached hydrogen (secondary N) is 3. The molecule has 0 spiro atoms. The molecule has 0 bridgehead atoms. The quantitative estimate of drug-likeness (QED) is 0.629. The van der Waals surface area contributed by atoms with E-state index in [0.717, 1.165) is 42.7 Å². The number of halogens is 1.